The Kier molecular flexibility index (Phi) is 3.62. The van der Waals surface area contributed by atoms with Crippen LogP contribution in [-0.2, 0) is 9.53 Å². The summed E-state index contributed by atoms with van der Waals surface area (Å²) in [6, 6.07) is 3.83. The van der Waals surface area contributed by atoms with Gasteiger partial charge in [0.15, 0.2) is 5.76 Å². The van der Waals surface area contributed by atoms with Gasteiger partial charge in [-0.3, -0.25) is 0 Å². The van der Waals surface area contributed by atoms with Crippen LogP contribution < -0.4 is 0 Å². The summed E-state index contributed by atoms with van der Waals surface area (Å²) in [6.07, 6.45) is 1.75. The largest absolute Gasteiger partial charge is 0.505 e. The first-order chi connectivity index (χ1) is 8.63. The van der Waals surface area contributed by atoms with E-state index in [0.717, 1.165) is 4.88 Å². The van der Waals surface area contributed by atoms with E-state index in [2.05, 4.69) is 4.99 Å². The average molecular weight is 263 g/mol. The average Bonchev–Trinajstić information content (AvgIpc) is 2.89. The monoisotopic (exact) mass is 263 g/mol. The molecule has 0 atom stereocenters. The molecule has 1 aliphatic rings. The van der Waals surface area contributed by atoms with Crippen molar-refractivity contribution in [3.05, 3.63) is 39.4 Å². The molecule has 0 amide bonds. The summed E-state index contributed by atoms with van der Waals surface area (Å²) in [5.74, 6) is -0.648. The van der Waals surface area contributed by atoms with Crippen LogP contribution in [0.15, 0.2) is 39.5 Å². The Hall–Kier alpha value is -1.88. The lowest BCUT2D eigenvalue weighted by Crippen LogP contribution is -2.13. The highest BCUT2D eigenvalue weighted by Gasteiger charge is 2.27. The zero-order chi connectivity index (χ0) is 13.1. The molecule has 0 radical (unpaired) electrons. The van der Waals surface area contributed by atoms with E-state index in [0.29, 0.717) is 11.4 Å². The number of aliphatic imine (C=N–C) groups is 1. The fourth-order valence-corrected chi connectivity index (χ4v) is 2.30. The molecule has 1 aromatic heterocycles. The minimum absolute atomic E-state index is 0.112. The Morgan fingerprint density at radius 2 is 2.39 bits per heavy atom. The van der Waals surface area contributed by atoms with Crippen LogP contribution in [0.4, 0.5) is 0 Å². The molecule has 18 heavy (non-hydrogen) atoms. The second-order valence-electron chi connectivity index (χ2n) is 3.69. The van der Waals surface area contributed by atoms with Crippen LogP contribution in [0.25, 0.3) is 6.08 Å². The van der Waals surface area contributed by atoms with Crippen molar-refractivity contribution in [1.82, 2.24) is 0 Å². The minimum Gasteiger partial charge on any atom is -0.505 e. The zero-order valence-electron chi connectivity index (χ0n) is 10.1. The highest BCUT2D eigenvalue weighted by atomic mass is 32.1. The number of rotatable bonds is 3. The molecule has 5 heteroatoms. The number of hydrogen-bond acceptors (Lipinski definition) is 5. The third-order valence-electron chi connectivity index (χ3n) is 2.43. The van der Waals surface area contributed by atoms with E-state index in [1.807, 2.05) is 17.5 Å². The van der Waals surface area contributed by atoms with E-state index in [1.165, 1.54) is 11.3 Å². The molecule has 0 fully saturated rings. The third kappa shape index (κ3) is 2.36. The van der Waals surface area contributed by atoms with Crippen molar-refractivity contribution >= 4 is 29.1 Å². The van der Waals surface area contributed by atoms with E-state index in [-0.39, 0.29) is 17.9 Å². The molecular weight excluding hydrogens is 250 g/mol. The zero-order valence-corrected chi connectivity index (χ0v) is 11.0. The van der Waals surface area contributed by atoms with Gasteiger partial charge in [-0.15, -0.1) is 11.3 Å². The maximum absolute atomic E-state index is 11.7. The summed E-state index contributed by atoms with van der Waals surface area (Å²) in [4.78, 5) is 16.8. The number of thiophene rings is 1. The summed E-state index contributed by atoms with van der Waals surface area (Å²) >= 11 is 1.54. The van der Waals surface area contributed by atoms with Gasteiger partial charge in [-0.25, -0.2) is 9.79 Å². The molecular formula is C13H13NO3S. The predicted octanol–water partition coefficient (Wildman–Crippen LogP) is 2.94. The SMILES string of the molecule is CCOC(=O)C1=C(O)/C(=C\c2cccs2)N=C1C. The normalized spacial score (nSPS) is 17.2. The van der Waals surface area contributed by atoms with Crippen molar-refractivity contribution in [2.24, 2.45) is 4.99 Å². The molecule has 0 saturated carbocycles. The number of ether oxygens (including phenoxy) is 1. The minimum atomic E-state index is -0.536. The van der Waals surface area contributed by atoms with Gasteiger partial charge < -0.3 is 9.84 Å². The van der Waals surface area contributed by atoms with Gasteiger partial charge in [0, 0.05) is 4.88 Å². The Balaban J connectivity index is 2.35. The molecule has 0 spiro atoms. The summed E-state index contributed by atoms with van der Waals surface area (Å²) < 4.78 is 4.89. The van der Waals surface area contributed by atoms with Crippen molar-refractivity contribution < 1.29 is 14.6 Å². The molecule has 2 heterocycles. The highest BCUT2D eigenvalue weighted by molar-refractivity contribution is 7.10. The first-order valence-corrected chi connectivity index (χ1v) is 6.43. The Morgan fingerprint density at radius 1 is 1.61 bits per heavy atom. The molecule has 0 saturated heterocycles. The van der Waals surface area contributed by atoms with Gasteiger partial charge in [-0.2, -0.15) is 0 Å². The summed E-state index contributed by atoms with van der Waals surface area (Å²) in [5.41, 5.74) is 1.03. The number of esters is 1. The van der Waals surface area contributed by atoms with Crippen molar-refractivity contribution in [1.29, 1.82) is 0 Å². The smallest absolute Gasteiger partial charge is 0.343 e. The highest BCUT2D eigenvalue weighted by Crippen LogP contribution is 2.27. The van der Waals surface area contributed by atoms with Crippen LogP contribution in [0.2, 0.25) is 0 Å². The van der Waals surface area contributed by atoms with Gasteiger partial charge in [0.1, 0.15) is 11.3 Å². The fourth-order valence-electron chi connectivity index (χ4n) is 1.65. The number of nitrogens with zero attached hydrogens (tertiary/aromatic N) is 1. The molecule has 1 aliphatic heterocycles. The number of hydrogen-bond donors (Lipinski definition) is 1. The van der Waals surface area contributed by atoms with Crippen molar-refractivity contribution in [3.8, 4) is 0 Å². The van der Waals surface area contributed by atoms with Crippen LogP contribution >= 0.6 is 11.3 Å². The predicted molar refractivity (Wildman–Crippen MR) is 71.7 cm³/mol. The standard InChI is InChI=1S/C13H13NO3S/c1-3-17-13(16)11-8(2)14-10(12(11)15)7-9-5-4-6-18-9/h4-7,15H,3H2,1-2H3/b10-7+. The second-order valence-corrected chi connectivity index (χ2v) is 4.67. The molecule has 0 aromatic carbocycles. The third-order valence-corrected chi connectivity index (χ3v) is 3.25. The van der Waals surface area contributed by atoms with Crippen LogP contribution in [0.1, 0.15) is 18.7 Å². The molecule has 0 bridgehead atoms. The van der Waals surface area contributed by atoms with Crippen molar-refractivity contribution in [2.75, 3.05) is 6.61 Å². The lowest BCUT2D eigenvalue weighted by atomic mass is 10.1. The Bertz CT molecular complexity index is 553. The molecule has 1 N–H and O–H groups in total. The Labute approximate surface area is 109 Å². The van der Waals surface area contributed by atoms with Gasteiger partial charge in [-0.05, 0) is 31.4 Å². The van der Waals surface area contributed by atoms with Gasteiger partial charge in [-0.1, -0.05) is 6.07 Å². The number of aliphatic hydroxyl groups excluding tert-OH is 1. The van der Waals surface area contributed by atoms with E-state index < -0.39 is 5.97 Å². The fraction of sp³-hybridized carbons (Fsp3) is 0.231. The molecule has 0 aliphatic carbocycles. The quantitative estimate of drug-likeness (QED) is 0.853. The van der Waals surface area contributed by atoms with Gasteiger partial charge in [0.25, 0.3) is 0 Å². The second kappa shape index (κ2) is 5.18. The molecule has 94 valence electrons. The van der Waals surface area contributed by atoms with Crippen molar-refractivity contribution in [2.45, 2.75) is 13.8 Å². The number of carbonyl (C=O) groups is 1. The van der Waals surface area contributed by atoms with Gasteiger partial charge in [0.2, 0.25) is 0 Å². The van der Waals surface area contributed by atoms with Crippen LogP contribution in [0.5, 0.6) is 0 Å². The van der Waals surface area contributed by atoms with Gasteiger partial charge >= 0.3 is 5.97 Å². The van der Waals surface area contributed by atoms with E-state index in [1.54, 1.807) is 19.9 Å². The molecule has 0 unspecified atom stereocenters. The maximum atomic E-state index is 11.7. The maximum Gasteiger partial charge on any atom is 0.343 e. The summed E-state index contributed by atoms with van der Waals surface area (Å²) in [6.45, 7) is 3.67. The summed E-state index contributed by atoms with van der Waals surface area (Å²) in [7, 11) is 0. The van der Waals surface area contributed by atoms with E-state index in [4.69, 9.17) is 4.74 Å². The number of carbonyl (C=O) groups excluding carboxylic acids is 1. The van der Waals surface area contributed by atoms with Crippen LogP contribution in [-0.4, -0.2) is 23.4 Å². The van der Waals surface area contributed by atoms with Crippen molar-refractivity contribution in [3.63, 3.8) is 0 Å². The van der Waals surface area contributed by atoms with Crippen LogP contribution in [0, 0.1) is 0 Å². The molecule has 1 aromatic rings. The lowest BCUT2D eigenvalue weighted by Gasteiger charge is -2.02. The lowest BCUT2D eigenvalue weighted by molar-refractivity contribution is -0.138. The van der Waals surface area contributed by atoms with Gasteiger partial charge in [0.05, 0.1) is 12.3 Å². The Morgan fingerprint density at radius 3 is 3.00 bits per heavy atom. The number of aliphatic hydroxyl groups is 1. The van der Waals surface area contributed by atoms with Crippen LogP contribution in [0.3, 0.4) is 0 Å². The first kappa shape index (κ1) is 12.6. The van der Waals surface area contributed by atoms with E-state index >= 15 is 0 Å². The topological polar surface area (TPSA) is 58.9 Å². The molecule has 4 nitrogen and oxygen atoms in total. The summed E-state index contributed by atoms with van der Waals surface area (Å²) in [5, 5.41) is 12.0. The van der Waals surface area contributed by atoms with E-state index in [9.17, 15) is 9.90 Å². The first-order valence-electron chi connectivity index (χ1n) is 5.55. The molecule has 2 rings (SSSR count).